The number of rotatable bonds is 10. The van der Waals surface area contributed by atoms with Crippen LogP contribution in [0.1, 0.15) is 56.3 Å². The first-order valence-corrected chi connectivity index (χ1v) is 14.7. The third kappa shape index (κ3) is 6.94. The van der Waals surface area contributed by atoms with E-state index in [9.17, 15) is 18.0 Å². The van der Waals surface area contributed by atoms with Crippen molar-refractivity contribution in [2.75, 3.05) is 23.9 Å². The lowest BCUT2D eigenvalue weighted by Crippen LogP contribution is -2.40. The van der Waals surface area contributed by atoms with Gasteiger partial charge in [0.25, 0.3) is 5.91 Å². The van der Waals surface area contributed by atoms with Crippen LogP contribution >= 0.6 is 11.6 Å². The van der Waals surface area contributed by atoms with Gasteiger partial charge in [0.2, 0.25) is 0 Å². The Morgan fingerprint density at radius 1 is 1.07 bits per heavy atom. The van der Waals surface area contributed by atoms with E-state index in [0.717, 1.165) is 18.4 Å². The van der Waals surface area contributed by atoms with Crippen LogP contribution in [0.5, 0.6) is 11.5 Å². The van der Waals surface area contributed by atoms with Crippen molar-refractivity contribution >= 4 is 40.4 Å². The molecule has 3 aromatic carbocycles. The Morgan fingerprint density at radius 2 is 1.76 bits per heavy atom. The Hall–Kier alpha value is -4.65. The number of anilines is 2. The van der Waals surface area contributed by atoms with Crippen molar-refractivity contribution < 1.29 is 32.3 Å². The SMILES string of the molecule is COc1cc(NC(C(=O)N2CC3(CC3)c3ccc(OC(F)(F)F)cc32)c2ccc(Cl)cc2)cc(/C(C)=N/OC(C)(C)/C(N)=N/N)c1. The number of fused-ring (bicyclic) bond motifs is 2. The number of halogens is 4. The number of carbonyl (C=O) groups excluding carboxylic acids is 1. The van der Waals surface area contributed by atoms with Crippen molar-refractivity contribution in [2.24, 2.45) is 21.8 Å². The van der Waals surface area contributed by atoms with Gasteiger partial charge in [-0.3, -0.25) is 4.79 Å². The highest BCUT2D eigenvalue weighted by Gasteiger charge is 2.54. The summed E-state index contributed by atoms with van der Waals surface area (Å²) in [6.07, 6.45) is -3.23. The second kappa shape index (κ2) is 12.3. The van der Waals surface area contributed by atoms with Gasteiger partial charge in [0, 0.05) is 40.4 Å². The quantitative estimate of drug-likeness (QED) is 0.102. The zero-order valence-corrected chi connectivity index (χ0v) is 26.4. The third-order valence-corrected chi connectivity index (χ3v) is 8.39. The monoisotopic (exact) mass is 658 g/mol. The molecule has 1 spiro atoms. The number of nitrogens with one attached hydrogen (secondary N) is 1. The number of oxime groups is 1. The molecule has 14 heteroatoms. The molecule has 1 aliphatic heterocycles. The zero-order chi connectivity index (χ0) is 33.4. The van der Waals surface area contributed by atoms with Crippen molar-refractivity contribution in [3.8, 4) is 11.5 Å². The van der Waals surface area contributed by atoms with Gasteiger partial charge in [0.1, 0.15) is 17.5 Å². The molecule has 0 aromatic heterocycles. The van der Waals surface area contributed by atoms with E-state index >= 15 is 0 Å². The molecule has 1 amide bonds. The minimum Gasteiger partial charge on any atom is -0.497 e. The fraction of sp³-hybridized carbons (Fsp3) is 0.344. The summed E-state index contributed by atoms with van der Waals surface area (Å²) in [5.74, 6) is 5.06. The highest BCUT2D eigenvalue weighted by molar-refractivity contribution is 6.30. The maximum atomic E-state index is 14.4. The molecule has 244 valence electrons. The third-order valence-electron chi connectivity index (χ3n) is 8.13. The Morgan fingerprint density at radius 3 is 2.37 bits per heavy atom. The highest BCUT2D eigenvalue weighted by atomic mass is 35.5. The Bertz CT molecular complexity index is 1690. The molecular weight excluding hydrogens is 625 g/mol. The van der Waals surface area contributed by atoms with E-state index in [-0.39, 0.29) is 17.2 Å². The number of amidine groups is 1. The van der Waals surface area contributed by atoms with Crippen molar-refractivity contribution in [3.63, 3.8) is 0 Å². The molecule has 0 bridgehead atoms. The number of ether oxygens (including phenoxy) is 2. The predicted octanol–water partition coefficient (Wildman–Crippen LogP) is 6.23. The molecule has 5 rings (SSSR count). The lowest BCUT2D eigenvalue weighted by molar-refractivity contribution is -0.274. The molecule has 2 aliphatic rings. The maximum absolute atomic E-state index is 14.4. The fourth-order valence-corrected chi connectivity index (χ4v) is 5.47. The van der Waals surface area contributed by atoms with Gasteiger partial charge < -0.3 is 36.1 Å². The first-order valence-electron chi connectivity index (χ1n) is 14.3. The van der Waals surface area contributed by atoms with Gasteiger partial charge in [-0.05, 0) is 75.1 Å². The normalized spacial score (nSPS) is 16.6. The van der Waals surface area contributed by atoms with Gasteiger partial charge in [-0.2, -0.15) is 5.10 Å². The molecule has 5 N–H and O–H groups in total. The van der Waals surface area contributed by atoms with E-state index in [0.29, 0.717) is 45.5 Å². The van der Waals surface area contributed by atoms with Crippen LogP contribution in [0.3, 0.4) is 0 Å². The number of carbonyl (C=O) groups is 1. The van der Waals surface area contributed by atoms with Gasteiger partial charge in [-0.15, -0.1) is 13.2 Å². The molecule has 1 saturated carbocycles. The standard InChI is InChI=1S/C32H34ClF3N6O4/c1-18(41-46-30(2,3)29(37)40-38)20-13-22(15-24(14-20)44-4)39-27(19-5-7-21(33)8-6-19)28(43)42-17-31(11-12-31)25-10-9-23(16-26(25)42)45-32(34,35)36/h5-10,13-16,27,39H,11-12,17,38H2,1-4H3,(H2,37,40)/b41-18+. The molecule has 3 aromatic rings. The van der Waals surface area contributed by atoms with Crippen LogP contribution in [0, 0.1) is 0 Å². The molecule has 1 aliphatic carbocycles. The van der Waals surface area contributed by atoms with Crippen molar-refractivity contribution in [1.82, 2.24) is 0 Å². The number of nitrogens with zero attached hydrogens (tertiary/aromatic N) is 3. The van der Waals surface area contributed by atoms with Gasteiger partial charge in [-0.1, -0.05) is 35.0 Å². The van der Waals surface area contributed by atoms with Crippen LogP contribution < -0.4 is 31.3 Å². The zero-order valence-electron chi connectivity index (χ0n) is 25.6. The van der Waals surface area contributed by atoms with Crippen LogP contribution in [0.25, 0.3) is 0 Å². The molecule has 1 unspecified atom stereocenters. The van der Waals surface area contributed by atoms with Crippen LogP contribution in [-0.4, -0.2) is 43.1 Å². The molecule has 0 radical (unpaired) electrons. The summed E-state index contributed by atoms with van der Waals surface area (Å²) in [6, 6.07) is 15.2. The topological polar surface area (TPSA) is 137 Å². The van der Waals surface area contributed by atoms with Crippen LogP contribution in [0.2, 0.25) is 5.02 Å². The number of amides is 1. The van der Waals surface area contributed by atoms with Gasteiger partial charge >= 0.3 is 6.36 Å². The highest BCUT2D eigenvalue weighted by Crippen LogP contribution is 2.57. The van der Waals surface area contributed by atoms with Crippen molar-refractivity contribution in [1.29, 1.82) is 0 Å². The fourth-order valence-electron chi connectivity index (χ4n) is 5.34. The average Bonchev–Trinajstić information content (AvgIpc) is 3.73. The van der Waals surface area contributed by atoms with E-state index in [1.54, 1.807) is 69.3 Å². The molecule has 0 saturated heterocycles. The summed E-state index contributed by atoms with van der Waals surface area (Å²) in [6.45, 7) is 5.39. The number of alkyl halides is 3. The molecule has 1 atom stereocenters. The summed E-state index contributed by atoms with van der Waals surface area (Å²) in [4.78, 5) is 21.6. The lowest BCUT2D eigenvalue weighted by Gasteiger charge is -2.27. The van der Waals surface area contributed by atoms with Crippen LogP contribution in [0.4, 0.5) is 24.5 Å². The Kier molecular flexibility index (Phi) is 8.73. The van der Waals surface area contributed by atoms with Gasteiger partial charge in [0.05, 0.1) is 18.5 Å². The first kappa shape index (κ1) is 32.7. The summed E-state index contributed by atoms with van der Waals surface area (Å²) >= 11 is 6.17. The van der Waals surface area contributed by atoms with Gasteiger partial charge in [0.15, 0.2) is 11.4 Å². The number of hydrogen-bond donors (Lipinski definition) is 3. The summed E-state index contributed by atoms with van der Waals surface area (Å²) < 4.78 is 49.0. The summed E-state index contributed by atoms with van der Waals surface area (Å²) in [5, 5.41) is 11.5. The lowest BCUT2D eigenvalue weighted by atomic mass is 9.99. The van der Waals surface area contributed by atoms with Crippen LogP contribution in [0.15, 0.2) is 70.9 Å². The van der Waals surface area contributed by atoms with Crippen LogP contribution in [-0.2, 0) is 15.0 Å². The van der Waals surface area contributed by atoms with E-state index in [4.69, 9.17) is 32.8 Å². The largest absolute Gasteiger partial charge is 0.573 e. The average molecular weight is 659 g/mol. The Balaban J connectivity index is 1.51. The molecule has 1 fully saturated rings. The maximum Gasteiger partial charge on any atom is 0.573 e. The number of nitrogens with two attached hydrogens (primary N) is 2. The number of benzene rings is 3. The minimum absolute atomic E-state index is 0.0509. The van der Waals surface area contributed by atoms with E-state index in [1.807, 2.05) is 0 Å². The molecule has 10 nitrogen and oxygen atoms in total. The van der Waals surface area contributed by atoms with E-state index < -0.39 is 23.8 Å². The van der Waals surface area contributed by atoms with Gasteiger partial charge in [-0.25, -0.2) is 0 Å². The second-order valence-electron chi connectivity index (χ2n) is 11.8. The van der Waals surface area contributed by atoms with E-state index in [2.05, 4.69) is 20.3 Å². The molecule has 1 heterocycles. The predicted molar refractivity (Wildman–Crippen MR) is 170 cm³/mol. The molecule has 46 heavy (non-hydrogen) atoms. The second-order valence-corrected chi connectivity index (χ2v) is 12.2. The smallest absolute Gasteiger partial charge is 0.497 e. The molecular formula is C32H34ClF3N6O4. The minimum atomic E-state index is -4.87. The first-order chi connectivity index (χ1) is 21.6. The summed E-state index contributed by atoms with van der Waals surface area (Å²) in [7, 11) is 1.51. The summed E-state index contributed by atoms with van der Waals surface area (Å²) in [5.41, 5.74) is 7.85. The number of methoxy groups -OCH3 is 1. The van der Waals surface area contributed by atoms with E-state index in [1.165, 1.54) is 24.1 Å². The van der Waals surface area contributed by atoms with Crippen molar-refractivity contribution in [3.05, 3.63) is 82.4 Å². The Labute approximate surface area is 269 Å². The number of hydrazone groups is 1. The van der Waals surface area contributed by atoms with Crippen molar-refractivity contribution in [2.45, 2.75) is 57.0 Å². The number of hydrogen-bond acceptors (Lipinski definition) is 8.